The number of aromatic nitrogens is 3. The van der Waals surface area contributed by atoms with Gasteiger partial charge in [0.2, 0.25) is 10.0 Å². The number of rotatable bonds is 11. The van der Waals surface area contributed by atoms with Gasteiger partial charge in [-0.25, -0.2) is 28.2 Å². The molecule has 1 atom stereocenters. The maximum absolute atomic E-state index is 13.0. The second kappa shape index (κ2) is 12.0. The van der Waals surface area contributed by atoms with Crippen LogP contribution in [-0.4, -0.2) is 63.9 Å². The third kappa shape index (κ3) is 7.02. The van der Waals surface area contributed by atoms with Crippen LogP contribution in [0.15, 0.2) is 48.8 Å². The van der Waals surface area contributed by atoms with Gasteiger partial charge < -0.3 is 9.94 Å². The highest BCUT2D eigenvalue weighted by atomic mass is 32.2. The van der Waals surface area contributed by atoms with E-state index in [0.717, 1.165) is 22.2 Å². The zero-order valence-corrected chi connectivity index (χ0v) is 20.8. The third-order valence-electron chi connectivity index (χ3n) is 6.37. The van der Waals surface area contributed by atoms with Crippen LogP contribution >= 0.6 is 0 Å². The molecule has 0 spiro atoms. The third-order valence-corrected chi connectivity index (χ3v) is 8.34. The highest BCUT2D eigenvalue weighted by Gasteiger charge is 2.30. The molecule has 2 N–H and O–H groups in total. The number of piperidine rings is 1. The summed E-state index contributed by atoms with van der Waals surface area (Å²) in [6.07, 6.45) is 6.47. The van der Waals surface area contributed by atoms with E-state index in [9.17, 15) is 13.6 Å². The summed E-state index contributed by atoms with van der Waals surface area (Å²) in [4.78, 5) is 12.9. The van der Waals surface area contributed by atoms with Crippen LogP contribution in [-0.2, 0) is 27.8 Å². The lowest BCUT2D eigenvalue weighted by molar-refractivity contribution is 0.0106. The maximum atomic E-state index is 13.0. The molecule has 2 aromatic heterocycles. The number of hydrogen-bond acceptors (Lipinski definition) is 8. The number of hydroxylamine groups is 1. The Labute approximate surface area is 206 Å². The molecule has 4 rings (SSSR count). The Morgan fingerprint density at radius 3 is 2.66 bits per heavy atom. The van der Waals surface area contributed by atoms with E-state index in [4.69, 9.17) is 4.74 Å². The molecule has 1 aliphatic rings. The lowest BCUT2D eigenvalue weighted by Crippen LogP contribution is -2.45. The minimum absolute atomic E-state index is 0.00585. The molecule has 0 bridgehead atoms. The Morgan fingerprint density at radius 2 is 1.91 bits per heavy atom. The zero-order chi connectivity index (χ0) is 24.7. The van der Waals surface area contributed by atoms with Gasteiger partial charge in [-0.05, 0) is 56.4 Å². The number of sulfonamides is 1. The van der Waals surface area contributed by atoms with E-state index in [0.29, 0.717) is 57.6 Å². The highest BCUT2D eigenvalue weighted by Crippen LogP contribution is 2.23. The molecule has 1 unspecified atom stereocenters. The Balaban J connectivity index is 1.25. The SMILES string of the molecule is Cc1cc(COC2CCN(S(=O)(=O)CC(CCCc3ncccn3)NO)CC2)c2ccccc2n1. The number of hydrogen-bond donors (Lipinski definition) is 2. The molecule has 3 aromatic rings. The molecule has 188 valence electrons. The first-order valence-corrected chi connectivity index (χ1v) is 13.7. The largest absolute Gasteiger partial charge is 0.373 e. The molecule has 1 aromatic carbocycles. The molecule has 0 radical (unpaired) electrons. The molecule has 10 heteroatoms. The molecular formula is C25H33N5O4S. The first-order chi connectivity index (χ1) is 16.9. The van der Waals surface area contributed by atoms with Crippen molar-refractivity contribution in [3.05, 3.63) is 65.9 Å². The molecule has 1 aliphatic heterocycles. The van der Waals surface area contributed by atoms with Crippen molar-refractivity contribution in [3.8, 4) is 0 Å². The van der Waals surface area contributed by atoms with E-state index < -0.39 is 16.1 Å². The molecule has 35 heavy (non-hydrogen) atoms. The van der Waals surface area contributed by atoms with Crippen LogP contribution in [0.3, 0.4) is 0 Å². The van der Waals surface area contributed by atoms with Crippen molar-refractivity contribution < 1.29 is 18.4 Å². The molecule has 0 aliphatic carbocycles. The topological polar surface area (TPSA) is 118 Å². The lowest BCUT2D eigenvalue weighted by Gasteiger charge is -2.32. The van der Waals surface area contributed by atoms with Crippen LogP contribution in [0.2, 0.25) is 0 Å². The van der Waals surface area contributed by atoms with E-state index in [1.165, 1.54) is 4.31 Å². The van der Waals surface area contributed by atoms with Crippen molar-refractivity contribution in [2.75, 3.05) is 18.8 Å². The number of nitrogens with zero attached hydrogens (tertiary/aromatic N) is 4. The van der Waals surface area contributed by atoms with Crippen molar-refractivity contribution in [1.82, 2.24) is 24.7 Å². The van der Waals surface area contributed by atoms with E-state index in [2.05, 4.69) is 20.4 Å². The fourth-order valence-electron chi connectivity index (χ4n) is 4.51. The molecule has 9 nitrogen and oxygen atoms in total. The van der Waals surface area contributed by atoms with Crippen LogP contribution in [0.1, 0.15) is 42.8 Å². The molecule has 0 amide bonds. The summed E-state index contributed by atoms with van der Waals surface area (Å²) in [5, 5.41) is 10.6. The number of ether oxygens (including phenoxy) is 1. The summed E-state index contributed by atoms with van der Waals surface area (Å²) in [7, 11) is -3.50. The van der Waals surface area contributed by atoms with Crippen molar-refractivity contribution in [1.29, 1.82) is 0 Å². The van der Waals surface area contributed by atoms with Crippen LogP contribution in [0.25, 0.3) is 10.9 Å². The monoisotopic (exact) mass is 499 g/mol. The normalized spacial score (nSPS) is 16.5. The molecule has 3 heterocycles. The second-order valence-electron chi connectivity index (χ2n) is 9.01. The lowest BCUT2D eigenvalue weighted by atomic mass is 10.1. The Bertz CT molecular complexity index is 1200. The van der Waals surface area contributed by atoms with Crippen molar-refractivity contribution in [3.63, 3.8) is 0 Å². The number of aryl methyl sites for hydroxylation is 2. The zero-order valence-electron chi connectivity index (χ0n) is 20.0. The van der Waals surface area contributed by atoms with Crippen molar-refractivity contribution in [2.45, 2.75) is 57.8 Å². The van der Waals surface area contributed by atoms with Gasteiger partial charge in [0.25, 0.3) is 0 Å². The Hall–Kier alpha value is -2.50. The van der Waals surface area contributed by atoms with E-state index in [1.54, 1.807) is 18.5 Å². The van der Waals surface area contributed by atoms with Gasteiger partial charge >= 0.3 is 0 Å². The van der Waals surface area contributed by atoms with Gasteiger partial charge in [-0.3, -0.25) is 4.98 Å². The van der Waals surface area contributed by atoms with E-state index >= 15 is 0 Å². The fraction of sp³-hybridized carbons (Fsp3) is 0.480. The number of nitrogens with one attached hydrogen (secondary N) is 1. The predicted molar refractivity (Wildman–Crippen MR) is 133 cm³/mol. The van der Waals surface area contributed by atoms with Gasteiger partial charge in [0.1, 0.15) is 5.82 Å². The average molecular weight is 500 g/mol. The standard InChI is InChI=1S/C25H33N5O4S/c1-19-16-20(23-7-2-3-8-24(23)28-19)17-34-22-10-14-30(15-11-22)35(32,33)18-21(29-31)6-4-9-25-26-12-5-13-27-25/h2-3,5,7-8,12-13,16,21-22,29,31H,4,6,9-11,14-15,17-18H2,1H3. The van der Waals surface area contributed by atoms with Gasteiger partial charge in [0.15, 0.2) is 0 Å². The quantitative estimate of drug-likeness (QED) is 0.387. The predicted octanol–water partition coefficient (Wildman–Crippen LogP) is 3.01. The summed E-state index contributed by atoms with van der Waals surface area (Å²) >= 11 is 0. The molecular weight excluding hydrogens is 466 g/mol. The van der Waals surface area contributed by atoms with Crippen molar-refractivity contribution in [2.24, 2.45) is 0 Å². The molecule has 1 saturated heterocycles. The summed E-state index contributed by atoms with van der Waals surface area (Å²) in [5.74, 6) is 0.566. The van der Waals surface area contributed by atoms with Gasteiger partial charge in [0, 0.05) is 49.0 Å². The van der Waals surface area contributed by atoms with Crippen LogP contribution < -0.4 is 5.48 Å². The number of para-hydroxylation sites is 1. The number of fused-ring (bicyclic) bond motifs is 1. The van der Waals surface area contributed by atoms with E-state index in [1.807, 2.05) is 37.3 Å². The van der Waals surface area contributed by atoms with Gasteiger partial charge in [-0.1, -0.05) is 18.2 Å². The summed E-state index contributed by atoms with van der Waals surface area (Å²) in [5.41, 5.74) is 5.18. The number of benzene rings is 1. The number of pyridine rings is 1. The minimum Gasteiger partial charge on any atom is -0.373 e. The highest BCUT2D eigenvalue weighted by molar-refractivity contribution is 7.89. The fourth-order valence-corrected chi connectivity index (χ4v) is 6.24. The molecule has 1 fully saturated rings. The maximum Gasteiger partial charge on any atom is 0.215 e. The van der Waals surface area contributed by atoms with E-state index in [-0.39, 0.29) is 11.9 Å². The van der Waals surface area contributed by atoms with Crippen LogP contribution in [0.5, 0.6) is 0 Å². The Kier molecular flexibility index (Phi) is 8.74. The van der Waals surface area contributed by atoms with Gasteiger partial charge in [-0.2, -0.15) is 0 Å². The van der Waals surface area contributed by atoms with Gasteiger partial charge in [0.05, 0.1) is 24.0 Å². The summed E-state index contributed by atoms with van der Waals surface area (Å²) < 4.78 is 33.6. The second-order valence-corrected chi connectivity index (χ2v) is 11.0. The minimum atomic E-state index is -3.50. The van der Waals surface area contributed by atoms with Crippen molar-refractivity contribution >= 4 is 20.9 Å². The summed E-state index contributed by atoms with van der Waals surface area (Å²) in [6.45, 7) is 3.28. The van der Waals surface area contributed by atoms with Gasteiger partial charge in [-0.15, -0.1) is 0 Å². The summed E-state index contributed by atoms with van der Waals surface area (Å²) in [6, 6.07) is 11.3. The Morgan fingerprint density at radius 1 is 1.17 bits per heavy atom. The van der Waals surface area contributed by atoms with Crippen LogP contribution in [0.4, 0.5) is 0 Å². The smallest absolute Gasteiger partial charge is 0.215 e. The molecule has 0 saturated carbocycles. The first-order valence-electron chi connectivity index (χ1n) is 12.0. The van der Waals surface area contributed by atoms with Crippen LogP contribution in [0, 0.1) is 6.92 Å². The average Bonchev–Trinajstić information content (AvgIpc) is 2.87. The first kappa shape index (κ1) is 25.6.